The summed E-state index contributed by atoms with van der Waals surface area (Å²) >= 11 is 0. The fourth-order valence-corrected chi connectivity index (χ4v) is 1.76. The second-order valence-electron chi connectivity index (χ2n) is 3.75. The number of benzene rings is 1. The van der Waals surface area contributed by atoms with E-state index in [1.807, 2.05) is 0 Å². The first-order chi connectivity index (χ1) is 7.70. The summed E-state index contributed by atoms with van der Waals surface area (Å²) in [5.74, 6) is -0.333. The van der Waals surface area contributed by atoms with Gasteiger partial charge in [-0.25, -0.2) is 9.82 Å². The summed E-state index contributed by atoms with van der Waals surface area (Å²) < 4.78 is 12.9. The average molecular weight is 220 g/mol. The van der Waals surface area contributed by atoms with Gasteiger partial charge in [0, 0.05) is 12.0 Å². The highest BCUT2D eigenvalue weighted by molar-refractivity contribution is 6.04. The van der Waals surface area contributed by atoms with Crippen molar-refractivity contribution in [3.63, 3.8) is 0 Å². The number of carbonyl (C=O) groups excluding carboxylic acids is 1. The zero-order chi connectivity index (χ0) is 11.5. The first-order valence-electron chi connectivity index (χ1n) is 5.35. The van der Waals surface area contributed by atoms with Crippen molar-refractivity contribution in [3.8, 4) is 0 Å². The number of nitrogens with zero attached hydrogens (tertiary/aromatic N) is 1. The number of hydrazone groups is 1. The number of aryl methyl sites for hydroxylation is 1. The first-order valence-corrected chi connectivity index (χ1v) is 5.35. The fourth-order valence-electron chi connectivity index (χ4n) is 1.76. The van der Waals surface area contributed by atoms with Crippen LogP contribution in [-0.2, 0) is 11.2 Å². The molecule has 16 heavy (non-hydrogen) atoms. The summed E-state index contributed by atoms with van der Waals surface area (Å²) in [6.07, 6.45) is 1.95. The molecule has 84 valence electrons. The molecule has 0 aliphatic heterocycles. The molecule has 1 aliphatic carbocycles. The minimum absolute atomic E-state index is 0.108. The number of rotatable bonds is 2. The van der Waals surface area contributed by atoms with Crippen LogP contribution in [0.5, 0.6) is 0 Å². The molecule has 0 fully saturated rings. The van der Waals surface area contributed by atoms with E-state index in [1.165, 1.54) is 12.1 Å². The van der Waals surface area contributed by atoms with Gasteiger partial charge in [-0.15, -0.1) is 0 Å². The third kappa shape index (κ3) is 2.10. The zero-order valence-corrected chi connectivity index (χ0v) is 9.09. The Morgan fingerprint density at radius 2 is 2.31 bits per heavy atom. The standard InChI is InChI=1S/C12H13FN2O/c1-2-12(16)15-14-11-6-3-8-7-9(13)4-5-10(8)11/h4-5,7H,2-3,6H2,1H3,(H,15,16)/b14-11-. The second-order valence-corrected chi connectivity index (χ2v) is 3.75. The van der Waals surface area contributed by atoms with Gasteiger partial charge in [0.1, 0.15) is 5.82 Å². The van der Waals surface area contributed by atoms with Gasteiger partial charge >= 0.3 is 0 Å². The Balaban J connectivity index is 2.20. The predicted molar refractivity (Wildman–Crippen MR) is 59.7 cm³/mol. The smallest absolute Gasteiger partial charge is 0.239 e. The normalized spacial score (nSPS) is 16.2. The number of halogens is 1. The summed E-state index contributed by atoms with van der Waals surface area (Å²) in [7, 11) is 0. The molecule has 1 N–H and O–H groups in total. The Kier molecular flexibility index (Phi) is 2.99. The lowest BCUT2D eigenvalue weighted by Gasteiger charge is -2.01. The Hall–Kier alpha value is -1.71. The molecule has 0 radical (unpaired) electrons. The maximum atomic E-state index is 12.9. The maximum absolute atomic E-state index is 12.9. The van der Waals surface area contributed by atoms with Crippen LogP contribution in [0.25, 0.3) is 0 Å². The Morgan fingerprint density at radius 1 is 1.50 bits per heavy atom. The van der Waals surface area contributed by atoms with Crippen LogP contribution in [0, 0.1) is 5.82 Å². The molecular formula is C12H13FN2O. The number of fused-ring (bicyclic) bond motifs is 1. The Labute approximate surface area is 93.4 Å². The molecule has 0 atom stereocenters. The van der Waals surface area contributed by atoms with E-state index in [-0.39, 0.29) is 11.7 Å². The number of carbonyl (C=O) groups is 1. The van der Waals surface area contributed by atoms with E-state index in [2.05, 4.69) is 10.5 Å². The van der Waals surface area contributed by atoms with E-state index in [0.717, 1.165) is 29.7 Å². The van der Waals surface area contributed by atoms with Crippen molar-refractivity contribution in [3.05, 3.63) is 35.1 Å². The number of hydrogen-bond donors (Lipinski definition) is 1. The van der Waals surface area contributed by atoms with Crippen LogP contribution in [0.1, 0.15) is 30.9 Å². The Bertz CT molecular complexity index is 454. The molecule has 1 aromatic carbocycles. The molecule has 1 amide bonds. The number of nitrogens with one attached hydrogen (secondary N) is 1. The second kappa shape index (κ2) is 4.43. The molecule has 0 saturated heterocycles. The number of amides is 1. The minimum atomic E-state index is -0.224. The third-order valence-electron chi connectivity index (χ3n) is 2.65. The van der Waals surface area contributed by atoms with Gasteiger partial charge in [0.2, 0.25) is 5.91 Å². The molecule has 2 rings (SSSR count). The lowest BCUT2D eigenvalue weighted by Crippen LogP contribution is -2.17. The number of hydrogen-bond acceptors (Lipinski definition) is 2. The quantitative estimate of drug-likeness (QED) is 0.761. The molecule has 4 heteroatoms. The van der Waals surface area contributed by atoms with Crippen LogP contribution in [0.15, 0.2) is 23.3 Å². The van der Waals surface area contributed by atoms with Crippen molar-refractivity contribution in [2.24, 2.45) is 5.10 Å². The molecule has 0 saturated carbocycles. The molecule has 0 spiro atoms. The van der Waals surface area contributed by atoms with E-state index in [4.69, 9.17) is 0 Å². The highest BCUT2D eigenvalue weighted by atomic mass is 19.1. The fraction of sp³-hybridized carbons (Fsp3) is 0.333. The largest absolute Gasteiger partial charge is 0.273 e. The van der Waals surface area contributed by atoms with Crippen LogP contribution in [-0.4, -0.2) is 11.6 Å². The highest BCUT2D eigenvalue weighted by Crippen LogP contribution is 2.23. The lowest BCUT2D eigenvalue weighted by molar-refractivity contribution is -0.120. The van der Waals surface area contributed by atoms with Crippen LogP contribution < -0.4 is 5.43 Å². The van der Waals surface area contributed by atoms with Crippen molar-refractivity contribution in [1.29, 1.82) is 0 Å². The predicted octanol–water partition coefficient (Wildman–Crippen LogP) is 2.00. The van der Waals surface area contributed by atoms with E-state index < -0.39 is 0 Å². The monoisotopic (exact) mass is 220 g/mol. The van der Waals surface area contributed by atoms with Crippen LogP contribution in [0.4, 0.5) is 4.39 Å². The van der Waals surface area contributed by atoms with Gasteiger partial charge in [-0.05, 0) is 36.6 Å². The molecule has 0 unspecified atom stereocenters. The molecule has 0 bridgehead atoms. The summed E-state index contributed by atoms with van der Waals surface area (Å²) in [6.45, 7) is 1.77. The van der Waals surface area contributed by atoms with Gasteiger partial charge in [0.05, 0.1) is 5.71 Å². The summed E-state index contributed by atoms with van der Waals surface area (Å²) in [6, 6.07) is 4.66. The van der Waals surface area contributed by atoms with Gasteiger partial charge in [-0.3, -0.25) is 4.79 Å². The van der Waals surface area contributed by atoms with E-state index >= 15 is 0 Å². The van der Waals surface area contributed by atoms with Crippen molar-refractivity contribution in [1.82, 2.24) is 5.43 Å². The molecular weight excluding hydrogens is 207 g/mol. The van der Waals surface area contributed by atoms with Gasteiger partial charge in [-0.2, -0.15) is 5.10 Å². The third-order valence-corrected chi connectivity index (χ3v) is 2.65. The van der Waals surface area contributed by atoms with Gasteiger partial charge in [0.15, 0.2) is 0 Å². The van der Waals surface area contributed by atoms with E-state index in [1.54, 1.807) is 13.0 Å². The average Bonchev–Trinajstić information content (AvgIpc) is 2.68. The van der Waals surface area contributed by atoms with Crippen LogP contribution in [0.2, 0.25) is 0 Å². The van der Waals surface area contributed by atoms with Gasteiger partial charge < -0.3 is 0 Å². The minimum Gasteiger partial charge on any atom is -0.273 e. The van der Waals surface area contributed by atoms with Crippen molar-refractivity contribution < 1.29 is 9.18 Å². The van der Waals surface area contributed by atoms with Gasteiger partial charge in [-0.1, -0.05) is 6.92 Å². The highest BCUT2D eigenvalue weighted by Gasteiger charge is 2.18. The lowest BCUT2D eigenvalue weighted by atomic mass is 10.1. The molecule has 1 aliphatic rings. The van der Waals surface area contributed by atoms with E-state index in [0.29, 0.717) is 6.42 Å². The van der Waals surface area contributed by atoms with Gasteiger partial charge in [0.25, 0.3) is 0 Å². The molecule has 0 heterocycles. The molecule has 3 nitrogen and oxygen atoms in total. The Morgan fingerprint density at radius 3 is 3.06 bits per heavy atom. The van der Waals surface area contributed by atoms with Crippen molar-refractivity contribution >= 4 is 11.6 Å². The maximum Gasteiger partial charge on any atom is 0.239 e. The van der Waals surface area contributed by atoms with Crippen LogP contribution in [0.3, 0.4) is 0 Å². The summed E-state index contributed by atoms with van der Waals surface area (Å²) in [5, 5.41) is 4.06. The SMILES string of the molecule is CCC(=O)N/N=C1/CCc2cc(F)ccc21. The van der Waals surface area contributed by atoms with Crippen molar-refractivity contribution in [2.45, 2.75) is 26.2 Å². The topological polar surface area (TPSA) is 41.5 Å². The zero-order valence-electron chi connectivity index (χ0n) is 9.09. The first kappa shape index (κ1) is 10.8. The van der Waals surface area contributed by atoms with E-state index in [9.17, 15) is 9.18 Å². The molecule has 0 aromatic heterocycles. The van der Waals surface area contributed by atoms with Crippen LogP contribution >= 0.6 is 0 Å². The molecule has 1 aromatic rings. The van der Waals surface area contributed by atoms with Crippen molar-refractivity contribution in [2.75, 3.05) is 0 Å². The summed E-state index contributed by atoms with van der Waals surface area (Å²) in [5.41, 5.74) is 5.22. The summed E-state index contributed by atoms with van der Waals surface area (Å²) in [4.78, 5) is 11.1.